The van der Waals surface area contributed by atoms with Crippen molar-refractivity contribution >= 4 is 68.1 Å². The lowest BCUT2D eigenvalue weighted by Gasteiger charge is -2.20. The minimum Gasteiger partial charge on any atom is -0.372 e. The average molecular weight is 474 g/mol. The van der Waals surface area contributed by atoms with E-state index in [4.69, 9.17) is 12.2 Å². The maximum absolute atomic E-state index is 12.6. The quantitative estimate of drug-likeness (QED) is 0.313. The number of thiocarbonyl (C=S) groups is 1. The lowest BCUT2D eigenvalue weighted by molar-refractivity contribution is -0.122. The van der Waals surface area contributed by atoms with Gasteiger partial charge in [0.2, 0.25) is 0 Å². The van der Waals surface area contributed by atoms with Crippen molar-refractivity contribution in [1.29, 1.82) is 0 Å². The first-order valence-electron chi connectivity index (χ1n) is 8.94. The molecule has 0 atom stereocenters. The van der Waals surface area contributed by atoms with E-state index in [1.165, 1.54) is 22.5 Å². The van der Waals surface area contributed by atoms with E-state index in [0.717, 1.165) is 28.7 Å². The molecule has 1 aliphatic heterocycles. The standard InChI is InChI=1S/C21H20BrN3OS2/c1-3-24(4-2)18-11-7-16(8-12-18)14-23-25-20(26)19(28-21(25)27)13-15-5-9-17(22)10-6-15/h5-14H,3-4H2,1-2H3/b19-13+,23-14+. The highest BCUT2D eigenvalue weighted by Gasteiger charge is 2.31. The first-order valence-corrected chi connectivity index (χ1v) is 11.0. The molecule has 7 heteroatoms. The summed E-state index contributed by atoms with van der Waals surface area (Å²) in [5.41, 5.74) is 3.03. The molecule has 0 aromatic heterocycles. The van der Waals surface area contributed by atoms with Crippen LogP contribution in [0.4, 0.5) is 5.69 Å². The highest BCUT2D eigenvalue weighted by atomic mass is 79.9. The number of halogens is 1. The zero-order valence-electron chi connectivity index (χ0n) is 15.6. The van der Waals surface area contributed by atoms with Crippen LogP contribution in [0.25, 0.3) is 6.08 Å². The van der Waals surface area contributed by atoms with Gasteiger partial charge in [-0.25, -0.2) is 0 Å². The van der Waals surface area contributed by atoms with Crippen molar-refractivity contribution in [2.75, 3.05) is 18.0 Å². The van der Waals surface area contributed by atoms with Gasteiger partial charge in [-0.05, 0) is 67.5 Å². The molecule has 28 heavy (non-hydrogen) atoms. The second-order valence-electron chi connectivity index (χ2n) is 6.05. The third-order valence-corrected chi connectivity index (χ3v) is 6.10. The van der Waals surface area contributed by atoms with Gasteiger partial charge in [0, 0.05) is 23.2 Å². The summed E-state index contributed by atoms with van der Waals surface area (Å²) in [5.74, 6) is -0.200. The van der Waals surface area contributed by atoms with Crippen molar-refractivity contribution in [3.05, 3.63) is 69.0 Å². The summed E-state index contributed by atoms with van der Waals surface area (Å²) in [5, 5.41) is 5.59. The number of hydrogen-bond donors (Lipinski definition) is 0. The Bertz CT molecular complexity index is 920. The molecule has 1 saturated heterocycles. The number of hydrazone groups is 1. The largest absolute Gasteiger partial charge is 0.372 e. The van der Waals surface area contributed by atoms with E-state index in [2.05, 4.69) is 51.9 Å². The Labute approximate surface area is 183 Å². The van der Waals surface area contributed by atoms with E-state index in [1.807, 2.05) is 42.5 Å². The van der Waals surface area contributed by atoms with Gasteiger partial charge >= 0.3 is 0 Å². The van der Waals surface area contributed by atoms with Crippen LogP contribution in [0.15, 0.2) is 63.0 Å². The lowest BCUT2D eigenvalue weighted by atomic mass is 10.2. The van der Waals surface area contributed by atoms with E-state index in [0.29, 0.717) is 9.23 Å². The van der Waals surface area contributed by atoms with Crippen molar-refractivity contribution in [3.63, 3.8) is 0 Å². The maximum Gasteiger partial charge on any atom is 0.286 e. The molecule has 0 spiro atoms. The van der Waals surface area contributed by atoms with Crippen LogP contribution in [-0.2, 0) is 4.79 Å². The summed E-state index contributed by atoms with van der Waals surface area (Å²) in [4.78, 5) is 15.5. The van der Waals surface area contributed by atoms with Crippen LogP contribution in [0.3, 0.4) is 0 Å². The molecule has 144 valence electrons. The Morgan fingerprint density at radius 1 is 1.07 bits per heavy atom. The fraction of sp³-hybridized carbons (Fsp3) is 0.190. The summed E-state index contributed by atoms with van der Waals surface area (Å²) >= 11 is 10.0. The number of carbonyl (C=O) groups excluding carboxylic acids is 1. The van der Waals surface area contributed by atoms with E-state index in [1.54, 1.807) is 6.21 Å². The second kappa shape index (κ2) is 9.49. The van der Waals surface area contributed by atoms with Gasteiger partial charge < -0.3 is 4.90 Å². The van der Waals surface area contributed by atoms with Crippen molar-refractivity contribution in [3.8, 4) is 0 Å². The van der Waals surface area contributed by atoms with Crippen molar-refractivity contribution < 1.29 is 4.79 Å². The van der Waals surface area contributed by atoms with Gasteiger partial charge in [-0.1, -0.05) is 52.0 Å². The molecular formula is C21H20BrN3OS2. The molecule has 1 aliphatic rings. The summed E-state index contributed by atoms with van der Waals surface area (Å²) in [6, 6.07) is 15.9. The smallest absolute Gasteiger partial charge is 0.286 e. The normalized spacial score (nSPS) is 15.8. The highest BCUT2D eigenvalue weighted by Crippen LogP contribution is 2.33. The van der Waals surface area contributed by atoms with Gasteiger partial charge in [0.15, 0.2) is 4.32 Å². The fourth-order valence-electron chi connectivity index (χ4n) is 2.75. The van der Waals surface area contributed by atoms with Crippen molar-refractivity contribution in [1.82, 2.24) is 5.01 Å². The minimum atomic E-state index is -0.200. The molecule has 0 aliphatic carbocycles. The first-order chi connectivity index (χ1) is 13.5. The van der Waals surface area contributed by atoms with Crippen LogP contribution in [0.2, 0.25) is 0 Å². The Balaban J connectivity index is 1.72. The average Bonchev–Trinajstić information content (AvgIpc) is 2.97. The van der Waals surface area contributed by atoms with E-state index < -0.39 is 0 Å². The number of nitrogens with zero attached hydrogens (tertiary/aromatic N) is 3. The Hall–Kier alpha value is -1.96. The molecule has 2 aromatic rings. The van der Waals surface area contributed by atoms with Gasteiger partial charge in [-0.15, -0.1) is 0 Å². The van der Waals surface area contributed by atoms with Crippen LogP contribution >= 0.6 is 39.9 Å². The van der Waals surface area contributed by atoms with Gasteiger partial charge in [0.25, 0.3) is 5.91 Å². The molecule has 1 heterocycles. The number of thioether (sulfide) groups is 1. The molecule has 2 aromatic carbocycles. The molecular weight excluding hydrogens is 454 g/mol. The first kappa shape index (κ1) is 20.8. The molecule has 4 nitrogen and oxygen atoms in total. The van der Waals surface area contributed by atoms with Crippen LogP contribution in [0, 0.1) is 0 Å². The molecule has 1 fully saturated rings. The topological polar surface area (TPSA) is 35.9 Å². The SMILES string of the molecule is CCN(CC)c1ccc(/C=N/N2C(=O)/C(=C\c3ccc(Br)cc3)SC2=S)cc1. The van der Waals surface area contributed by atoms with Crippen molar-refractivity contribution in [2.45, 2.75) is 13.8 Å². The van der Waals surface area contributed by atoms with Gasteiger partial charge in [-0.3, -0.25) is 4.79 Å². The molecule has 0 unspecified atom stereocenters. The Kier molecular flexibility index (Phi) is 7.04. The molecule has 3 rings (SSSR count). The van der Waals surface area contributed by atoms with Crippen molar-refractivity contribution in [2.24, 2.45) is 5.10 Å². The number of rotatable bonds is 6. The lowest BCUT2D eigenvalue weighted by Crippen LogP contribution is -2.22. The number of benzene rings is 2. The zero-order chi connectivity index (χ0) is 20.1. The molecule has 0 N–H and O–H groups in total. The maximum atomic E-state index is 12.6. The summed E-state index contributed by atoms with van der Waals surface area (Å²) in [6.07, 6.45) is 3.50. The monoisotopic (exact) mass is 473 g/mol. The summed E-state index contributed by atoms with van der Waals surface area (Å²) < 4.78 is 1.43. The fourth-order valence-corrected chi connectivity index (χ4v) is 4.19. The second-order valence-corrected chi connectivity index (χ2v) is 8.64. The minimum absolute atomic E-state index is 0.200. The summed E-state index contributed by atoms with van der Waals surface area (Å²) in [7, 11) is 0. The van der Waals surface area contributed by atoms with E-state index >= 15 is 0 Å². The molecule has 0 bridgehead atoms. The van der Waals surface area contributed by atoms with E-state index in [-0.39, 0.29) is 5.91 Å². The molecule has 1 amide bonds. The van der Waals surface area contributed by atoms with Gasteiger partial charge in [0.1, 0.15) is 0 Å². The zero-order valence-corrected chi connectivity index (χ0v) is 18.9. The summed E-state index contributed by atoms with van der Waals surface area (Å²) in [6.45, 7) is 6.20. The van der Waals surface area contributed by atoms with Crippen LogP contribution in [0.1, 0.15) is 25.0 Å². The van der Waals surface area contributed by atoms with Crippen LogP contribution in [0.5, 0.6) is 0 Å². The number of amides is 1. The predicted octanol–water partition coefficient (Wildman–Crippen LogP) is 5.53. The van der Waals surface area contributed by atoms with E-state index in [9.17, 15) is 4.79 Å². The van der Waals surface area contributed by atoms with Gasteiger partial charge in [0.05, 0.1) is 11.1 Å². The Morgan fingerprint density at radius 2 is 1.68 bits per heavy atom. The third kappa shape index (κ3) is 4.90. The van der Waals surface area contributed by atoms with Gasteiger partial charge in [-0.2, -0.15) is 10.1 Å². The predicted molar refractivity (Wildman–Crippen MR) is 127 cm³/mol. The number of anilines is 1. The Morgan fingerprint density at radius 3 is 2.29 bits per heavy atom. The highest BCUT2D eigenvalue weighted by molar-refractivity contribution is 9.10. The number of carbonyl (C=O) groups is 1. The third-order valence-electron chi connectivity index (χ3n) is 4.29. The molecule has 0 radical (unpaired) electrons. The van der Waals surface area contributed by atoms with Crippen LogP contribution < -0.4 is 4.90 Å². The number of hydrogen-bond acceptors (Lipinski definition) is 5. The van der Waals surface area contributed by atoms with Crippen LogP contribution in [-0.4, -0.2) is 34.5 Å². The molecule has 0 saturated carbocycles.